The molecule has 0 aliphatic rings. The van der Waals surface area contributed by atoms with Crippen molar-refractivity contribution >= 4 is 5.97 Å². The van der Waals surface area contributed by atoms with Crippen LogP contribution < -0.4 is 0 Å². The molecule has 0 aliphatic heterocycles. The summed E-state index contributed by atoms with van der Waals surface area (Å²) in [5.74, 6) is 0.136. The van der Waals surface area contributed by atoms with Crippen LogP contribution in [0.1, 0.15) is 81.6 Å². The number of carbonyl (C=O) groups is 1. The lowest BCUT2D eigenvalue weighted by atomic mass is 10.0. The molecule has 28 heavy (non-hydrogen) atoms. The lowest BCUT2D eigenvalue weighted by Crippen LogP contribution is -2.11. The van der Waals surface area contributed by atoms with Crippen molar-refractivity contribution in [3.63, 3.8) is 0 Å². The average Bonchev–Trinajstić information content (AvgIpc) is 2.74. The summed E-state index contributed by atoms with van der Waals surface area (Å²) in [6.07, 6.45) is 12.0. The molecule has 1 atom stereocenters. The maximum Gasteiger partial charge on any atom is 0.338 e. The number of rotatable bonds is 12. The zero-order chi connectivity index (χ0) is 20.2. The molecule has 0 spiro atoms. The Bertz CT molecular complexity index is 691. The second-order valence-corrected chi connectivity index (χ2v) is 7.76. The Balaban J connectivity index is 1.83. The number of carbonyl (C=O) groups excluding carboxylic acids is 1. The Kier molecular flexibility index (Phi) is 9.74. The van der Waals surface area contributed by atoms with Gasteiger partial charge >= 0.3 is 5.97 Å². The van der Waals surface area contributed by atoms with Gasteiger partial charge in [-0.25, -0.2) is 4.79 Å². The minimum atomic E-state index is -0.255. The van der Waals surface area contributed by atoms with Crippen LogP contribution in [0.4, 0.5) is 0 Å². The number of ether oxygens (including phenoxy) is 1. The molecular weight excluding hydrogens is 346 g/mol. The highest BCUT2D eigenvalue weighted by molar-refractivity contribution is 5.90. The number of benzene rings is 1. The minimum absolute atomic E-state index is 0.255. The molecule has 1 aromatic carbocycles. The third-order valence-corrected chi connectivity index (χ3v) is 5.26. The second-order valence-electron chi connectivity index (χ2n) is 7.76. The maximum absolute atomic E-state index is 12.1. The van der Waals surface area contributed by atoms with E-state index in [1.165, 1.54) is 44.1 Å². The summed E-state index contributed by atoms with van der Waals surface area (Å²) in [6.45, 7) is 6.90. The zero-order valence-electron chi connectivity index (χ0n) is 17.7. The van der Waals surface area contributed by atoms with Crippen LogP contribution in [0.5, 0.6) is 0 Å². The van der Waals surface area contributed by atoms with Crippen molar-refractivity contribution in [2.24, 2.45) is 5.92 Å². The molecule has 0 unspecified atom stereocenters. The van der Waals surface area contributed by atoms with Crippen LogP contribution >= 0.6 is 0 Å². The number of hydrogen-bond acceptors (Lipinski definition) is 3. The summed E-state index contributed by atoms with van der Waals surface area (Å²) in [4.78, 5) is 16.7. The zero-order valence-corrected chi connectivity index (χ0v) is 17.7. The molecule has 2 rings (SSSR count). The van der Waals surface area contributed by atoms with E-state index in [1.54, 1.807) is 0 Å². The summed E-state index contributed by atoms with van der Waals surface area (Å²) in [6, 6.07) is 11.8. The Labute approximate surface area is 170 Å². The largest absolute Gasteiger partial charge is 0.462 e. The molecule has 152 valence electrons. The molecule has 0 radical (unpaired) electrons. The highest BCUT2D eigenvalue weighted by Crippen LogP contribution is 2.19. The fraction of sp³-hybridized carbons (Fsp3) is 0.520. The third-order valence-electron chi connectivity index (χ3n) is 5.26. The molecule has 3 nitrogen and oxygen atoms in total. The van der Waals surface area contributed by atoms with Gasteiger partial charge in [-0.05, 0) is 42.5 Å². The minimum Gasteiger partial charge on any atom is -0.462 e. The number of hydrogen-bond donors (Lipinski definition) is 0. The number of nitrogens with zero attached hydrogens (tertiary/aromatic N) is 1. The van der Waals surface area contributed by atoms with Crippen molar-refractivity contribution in [1.82, 2.24) is 4.98 Å². The number of aromatic nitrogens is 1. The standard InChI is InChI=1S/C25H35NO2/c1-4-6-7-8-9-10-11-21-12-17-24(26-18-21)22-13-15-23(16-14-22)25(27)28-19-20(3)5-2/h12-18,20H,4-11,19H2,1-3H3/t20-/m0/s1. The van der Waals surface area contributed by atoms with Crippen LogP contribution in [-0.4, -0.2) is 17.6 Å². The van der Waals surface area contributed by atoms with Gasteiger partial charge in [0.05, 0.1) is 17.9 Å². The molecule has 1 aromatic heterocycles. The first-order valence-corrected chi connectivity index (χ1v) is 10.9. The molecule has 0 amide bonds. The molecule has 0 saturated carbocycles. The highest BCUT2D eigenvalue weighted by Gasteiger charge is 2.09. The molecule has 3 heteroatoms. The van der Waals surface area contributed by atoms with Crippen molar-refractivity contribution in [2.45, 2.75) is 72.1 Å². The maximum atomic E-state index is 12.1. The summed E-state index contributed by atoms with van der Waals surface area (Å²) in [7, 11) is 0. The van der Waals surface area contributed by atoms with Crippen molar-refractivity contribution in [2.75, 3.05) is 6.61 Å². The number of aryl methyl sites for hydroxylation is 1. The van der Waals surface area contributed by atoms with Gasteiger partial charge in [0.1, 0.15) is 0 Å². The van der Waals surface area contributed by atoms with Crippen molar-refractivity contribution < 1.29 is 9.53 Å². The summed E-state index contributed by atoms with van der Waals surface area (Å²) >= 11 is 0. The Morgan fingerprint density at radius 1 is 0.964 bits per heavy atom. The molecular formula is C25H35NO2. The fourth-order valence-corrected chi connectivity index (χ4v) is 3.05. The van der Waals surface area contributed by atoms with E-state index in [2.05, 4.69) is 37.9 Å². The van der Waals surface area contributed by atoms with Gasteiger partial charge in [0.2, 0.25) is 0 Å². The van der Waals surface area contributed by atoms with Crippen LogP contribution in [-0.2, 0) is 11.2 Å². The predicted octanol–water partition coefficient (Wildman–Crippen LogP) is 6.85. The quantitative estimate of drug-likeness (QED) is 0.298. The first kappa shape index (κ1) is 22.1. The van der Waals surface area contributed by atoms with E-state index < -0.39 is 0 Å². The van der Waals surface area contributed by atoms with E-state index in [-0.39, 0.29) is 5.97 Å². The fourth-order valence-electron chi connectivity index (χ4n) is 3.05. The lowest BCUT2D eigenvalue weighted by Gasteiger charge is -2.10. The van der Waals surface area contributed by atoms with Crippen LogP contribution in [0.15, 0.2) is 42.6 Å². The van der Waals surface area contributed by atoms with Gasteiger partial charge in [-0.2, -0.15) is 0 Å². The smallest absolute Gasteiger partial charge is 0.338 e. The van der Waals surface area contributed by atoms with E-state index in [9.17, 15) is 4.79 Å². The monoisotopic (exact) mass is 381 g/mol. The van der Waals surface area contributed by atoms with E-state index in [0.29, 0.717) is 18.1 Å². The van der Waals surface area contributed by atoms with Crippen molar-refractivity contribution in [3.8, 4) is 11.3 Å². The Morgan fingerprint density at radius 3 is 2.32 bits per heavy atom. The molecule has 0 aliphatic carbocycles. The normalized spacial score (nSPS) is 12.0. The van der Waals surface area contributed by atoms with Gasteiger partial charge in [0, 0.05) is 11.8 Å². The van der Waals surface area contributed by atoms with E-state index >= 15 is 0 Å². The molecule has 0 fully saturated rings. The van der Waals surface area contributed by atoms with Gasteiger partial charge in [0.25, 0.3) is 0 Å². The molecule has 0 saturated heterocycles. The second kappa shape index (κ2) is 12.3. The van der Waals surface area contributed by atoms with Gasteiger partial charge in [-0.3, -0.25) is 4.98 Å². The number of esters is 1. The molecule has 0 N–H and O–H groups in total. The summed E-state index contributed by atoms with van der Waals surface area (Å²) in [5, 5.41) is 0. The summed E-state index contributed by atoms with van der Waals surface area (Å²) in [5.41, 5.74) is 3.84. The van der Waals surface area contributed by atoms with Gasteiger partial charge in [-0.1, -0.05) is 77.5 Å². The number of pyridine rings is 1. The van der Waals surface area contributed by atoms with Gasteiger partial charge in [-0.15, -0.1) is 0 Å². The van der Waals surface area contributed by atoms with Crippen LogP contribution in [0.2, 0.25) is 0 Å². The van der Waals surface area contributed by atoms with Crippen LogP contribution in [0, 0.1) is 5.92 Å². The first-order valence-electron chi connectivity index (χ1n) is 10.9. The van der Waals surface area contributed by atoms with Crippen LogP contribution in [0.25, 0.3) is 11.3 Å². The molecule has 0 bridgehead atoms. The first-order chi connectivity index (χ1) is 13.6. The Morgan fingerprint density at radius 2 is 1.68 bits per heavy atom. The van der Waals surface area contributed by atoms with Gasteiger partial charge < -0.3 is 4.74 Å². The van der Waals surface area contributed by atoms with Crippen LogP contribution in [0.3, 0.4) is 0 Å². The third kappa shape index (κ3) is 7.46. The van der Waals surface area contributed by atoms with Crippen molar-refractivity contribution in [3.05, 3.63) is 53.7 Å². The SMILES string of the molecule is CCCCCCCCc1ccc(-c2ccc(C(=O)OC[C@@H](C)CC)cc2)nc1. The highest BCUT2D eigenvalue weighted by atomic mass is 16.5. The average molecular weight is 382 g/mol. The lowest BCUT2D eigenvalue weighted by molar-refractivity contribution is 0.0447. The Hall–Kier alpha value is -2.16. The van der Waals surface area contributed by atoms with E-state index in [4.69, 9.17) is 4.74 Å². The van der Waals surface area contributed by atoms with E-state index in [1.807, 2.05) is 30.5 Å². The summed E-state index contributed by atoms with van der Waals surface area (Å²) < 4.78 is 5.36. The molecule has 2 aromatic rings. The topological polar surface area (TPSA) is 39.2 Å². The van der Waals surface area contributed by atoms with Gasteiger partial charge in [0.15, 0.2) is 0 Å². The van der Waals surface area contributed by atoms with Crippen molar-refractivity contribution in [1.29, 1.82) is 0 Å². The molecule has 1 heterocycles. The predicted molar refractivity (Wildman–Crippen MR) is 116 cm³/mol. The number of unbranched alkanes of at least 4 members (excludes halogenated alkanes) is 5. The van der Waals surface area contributed by atoms with E-state index in [0.717, 1.165) is 24.1 Å².